The summed E-state index contributed by atoms with van der Waals surface area (Å²) in [6.45, 7) is 3.83. The van der Waals surface area contributed by atoms with Gasteiger partial charge in [0.05, 0.1) is 0 Å². The van der Waals surface area contributed by atoms with Gasteiger partial charge in [-0.2, -0.15) is 5.10 Å². The van der Waals surface area contributed by atoms with Crippen molar-refractivity contribution >= 4 is 17.5 Å². The van der Waals surface area contributed by atoms with Crippen LogP contribution in [0.1, 0.15) is 30.8 Å². The number of hydrogen-bond donors (Lipinski definition) is 2. The van der Waals surface area contributed by atoms with Crippen LogP contribution in [0.3, 0.4) is 0 Å². The Morgan fingerprint density at radius 2 is 2.43 bits per heavy atom. The molecule has 0 radical (unpaired) electrons. The highest BCUT2D eigenvalue weighted by molar-refractivity contribution is 6.20. The number of carbonyl (C=O) groups excluding carboxylic acids is 1. The fraction of sp³-hybridized carbons (Fsp3) is 0.556. The van der Waals surface area contributed by atoms with Gasteiger partial charge in [0.25, 0.3) is 5.91 Å². The Morgan fingerprint density at radius 1 is 1.71 bits per heavy atom. The van der Waals surface area contributed by atoms with Crippen LogP contribution < -0.4 is 5.32 Å². The summed E-state index contributed by atoms with van der Waals surface area (Å²) in [5.41, 5.74) is 0.471. The maximum Gasteiger partial charge on any atom is 0.269 e. The van der Waals surface area contributed by atoms with Crippen LogP contribution in [-0.2, 0) is 0 Å². The lowest BCUT2D eigenvalue weighted by atomic mass is 10.2. The summed E-state index contributed by atoms with van der Waals surface area (Å²) in [4.78, 5) is 11.5. The second-order valence-electron chi connectivity index (χ2n) is 3.36. The van der Waals surface area contributed by atoms with Crippen molar-refractivity contribution in [2.24, 2.45) is 0 Å². The minimum atomic E-state index is -0.146. The SMILES string of the molecule is CC(Cl)CC(C)NC(=O)c1ccn[nH]1. The first-order valence-corrected chi connectivity index (χ1v) is 4.97. The molecule has 2 unspecified atom stereocenters. The van der Waals surface area contributed by atoms with Gasteiger partial charge in [0.2, 0.25) is 0 Å². The van der Waals surface area contributed by atoms with Gasteiger partial charge in [-0.1, -0.05) is 0 Å². The van der Waals surface area contributed by atoms with E-state index < -0.39 is 0 Å². The maximum absolute atomic E-state index is 11.5. The Kier molecular flexibility index (Phi) is 3.95. The van der Waals surface area contributed by atoms with E-state index in [2.05, 4.69) is 15.5 Å². The van der Waals surface area contributed by atoms with Gasteiger partial charge < -0.3 is 5.32 Å². The number of H-pyrrole nitrogens is 1. The molecule has 1 aromatic rings. The largest absolute Gasteiger partial charge is 0.348 e. The molecule has 0 bridgehead atoms. The lowest BCUT2D eigenvalue weighted by molar-refractivity contribution is 0.0933. The van der Waals surface area contributed by atoms with E-state index in [0.717, 1.165) is 6.42 Å². The summed E-state index contributed by atoms with van der Waals surface area (Å²) in [5, 5.41) is 9.18. The van der Waals surface area contributed by atoms with Gasteiger partial charge in [0, 0.05) is 17.6 Å². The molecule has 1 heterocycles. The lowest BCUT2D eigenvalue weighted by Gasteiger charge is -2.13. The van der Waals surface area contributed by atoms with Gasteiger partial charge in [0.15, 0.2) is 0 Å². The predicted octanol–water partition coefficient (Wildman–Crippen LogP) is 1.55. The Labute approximate surface area is 88.0 Å². The van der Waals surface area contributed by atoms with Gasteiger partial charge in [-0.05, 0) is 26.3 Å². The number of rotatable bonds is 4. The van der Waals surface area contributed by atoms with E-state index in [4.69, 9.17) is 11.6 Å². The zero-order chi connectivity index (χ0) is 10.6. The molecule has 0 saturated heterocycles. The first kappa shape index (κ1) is 11.0. The van der Waals surface area contributed by atoms with Crippen LogP contribution in [-0.4, -0.2) is 27.5 Å². The summed E-state index contributed by atoms with van der Waals surface area (Å²) in [7, 11) is 0. The molecule has 4 nitrogen and oxygen atoms in total. The molecule has 2 atom stereocenters. The van der Waals surface area contributed by atoms with Crippen LogP contribution in [0.15, 0.2) is 12.3 Å². The summed E-state index contributed by atoms with van der Waals surface area (Å²) >= 11 is 5.81. The third-order valence-electron chi connectivity index (χ3n) is 1.80. The average Bonchev–Trinajstić information content (AvgIpc) is 2.53. The van der Waals surface area contributed by atoms with Crippen molar-refractivity contribution in [2.45, 2.75) is 31.7 Å². The maximum atomic E-state index is 11.5. The second-order valence-corrected chi connectivity index (χ2v) is 4.11. The normalized spacial score (nSPS) is 14.8. The van der Waals surface area contributed by atoms with E-state index in [1.54, 1.807) is 12.3 Å². The van der Waals surface area contributed by atoms with Crippen LogP contribution in [0, 0.1) is 0 Å². The zero-order valence-corrected chi connectivity index (χ0v) is 9.01. The van der Waals surface area contributed by atoms with E-state index in [-0.39, 0.29) is 17.3 Å². The van der Waals surface area contributed by atoms with E-state index in [0.29, 0.717) is 5.69 Å². The fourth-order valence-electron chi connectivity index (χ4n) is 1.23. The first-order valence-electron chi connectivity index (χ1n) is 4.54. The number of aromatic amines is 1. The Hall–Kier alpha value is -1.03. The highest BCUT2D eigenvalue weighted by Crippen LogP contribution is 2.04. The third kappa shape index (κ3) is 3.38. The van der Waals surface area contributed by atoms with Crippen molar-refractivity contribution in [3.63, 3.8) is 0 Å². The van der Waals surface area contributed by atoms with Crippen LogP contribution in [0.4, 0.5) is 0 Å². The number of hydrogen-bond acceptors (Lipinski definition) is 2. The number of alkyl halides is 1. The Balaban J connectivity index is 2.41. The smallest absolute Gasteiger partial charge is 0.269 e. The monoisotopic (exact) mass is 215 g/mol. The Bertz CT molecular complexity index is 284. The number of halogens is 1. The number of amides is 1. The molecule has 1 rings (SSSR count). The van der Waals surface area contributed by atoms with Crippen molar-refractivity contribution in [3.05, 3.63) is 18.0 Å². The molecule has 0 aliphatic rings. The molecule has 0 fully saturated rings. The van der Waals surface area contributed by atoms with Gasteiger partial charge in [-0.15, -0.1) is 11.6 Å². The number of carbonyl (C=O) groups is 1. The summed E-state index contributed by atoms with van der Waals surface area (Å²) < 4.78 is 0. The molecule has 0 saturated carbocycles. The number of nitrogens with one attached hydrogen (secondary N) is 2. The third-order valence-corrected chi connectivity index (χ3v) is 1.98. The Morgan fingerprint density at radius 3 is 2.93 bits per heavy atom. The summed E-state index contributed by atoms with van der Waals surface area (Å²) in [6.07, 6.45) is 2.30. The molecule has 0 aromatic carbocycles. The number of aromatic nitrogens is 2. The zero-order valence-electron chi connectivity index (χ0n) is 8.25. The molecule has 5 heteroatoms. The van der Waals surface area contributed by atoms with E-state index in [9.17, 15) is 4.79 Å². The van der Waals surface area contributed by atoms with Crippen molar-refractivity contribution in [1.29, 1.82) is 0 Å². The van der Waals surface area contributed by atoms with Crippen LogP contribution in [0.25, 0.3) is 0 Å². The fourth-order valence-corrected chi connectivity index (χ4v) is 1.50. The van der Waals surface area contributed by atoms with E-state index in [1.807, 2.05) is 13.8 Å². The first-order chi connectivity index (χ1) is 6.59. The summed E-state index contributed by atoms with van der Waals surface area (Å²) in [5.74, 6) is -0.146. The molecule has 2 N–H and O–H groups in total. The molecular formula is C9H14ClN3O. The molecule has 0 aliphatic heterocycles. The van der Waals surface area contributed by atoms with Crippen LogP contribution in [0.5, 0.6) is 0 Å². The second kappa shape index (κ2) is 5.00. The standard InChI is InChI=1S/C9H14ClN3O/c1-6(10)5-7(2)12-9(14)8-3-4-11-13-8/h3-4,6-7H,5H2,1-2H3,(H,11,13)(H,12,14). The average molecular weight is 216 g/mol. The molecule has 0 aliphatic carbocycles. The lowest BCUT2D eigenvalue weighted by Crippen LogP contribution is -2.34. The van der Waals surface area contributed by atoms with Gasteiger partial charge in [0.1, 0.15) is 5.69 Å². The van der Waals surface area contributed by atoms with Gasteiger partial charge >= 0.3 is 0 Å². The molecular weight excluding hydrogens is 202 g/mol. The molecule has 1 aromatic heterocycles. The van der Waals surface area contributed by atoms with Crippen molar-refractivity contribution < 1.29 is 4.79 Å². The quantitative estimate of drug-likeness (QED) is 0.749. The van der Waals surface area contributed by atoms with E-state index >= 15 is 0 Å². The van der Waals surface area contributed by atoms with Gasteiger partial charge in [-0.3, -0.25) is 9.89 Å². The van der Waals surface area contributed by atoms with Crippen molar-refractivity contribution in [2.75, 3.05) is 0 Å². The number of nitrogens with zero attached hydrogens (tertiary/aromatic N) is 1. The minimum Gasteiger partial charge on any atom is -0.348 e. The molecule has 0 spiro atoms. The summed E-state index contributed by atoms with van der Waals surface area (Å²) in [6, 6.07) is 1.70. The minimum absolute atomic E-state index is 0.0621. The van der Waals surface area contributed by atoms with E-state index in [1.165, 1.54) is 0 Å². The van der Waals surface area contributed by atoms with Crippen molar-refractivity contribution in [3.8, 4) is 0 Å². The predicted molar refractivity (Wildman–Crippen MR) is 55.4 cm³/mol. The molecule has 14 heavy (non-hydrogen) atoms. The topological polar surface area (TPSA) is 57.8 Å². The highest BCUT2D eigenvalue weighted by Gasteiger charge is 2.11. The van der Waals surface area contributed by atoms with Crippen molar-refractivity contribution in [1.82, 2.24) is 15.5 Å². The molecule has 1 amide bonds. The molecule has 78 valence electrons. The van der Waals surface area contributed by atoms with Crippen LogP contribution >= 0.6 is 11.6 Å². The highest BCUT2D eigenvalue weighted by atomic mass is 35.5. The van der Waals surface area contributed by atoms with Gasteiger partial charge in [-0.25, -0.2) is 0 Å². The van der Waals surface area contributed by atoms with Crippen LogP contribution in [0.2, 0.25) is 0 Å².